The second-order valence-electron chi connectivity index (χ2n) is 6.98. The average molecular weight is 341 g/mol. The Morgan fingerprint density at radius 3 is 2.88 bits per heavy atom. The first-order valence-corrected chi connectivity index (χ1v) is 9.07. The monoisotopic (exact) mass is 341 g/mol. The summed E-state index contributed by atoms with van der Waals surface area (Å²) in [6, 6.07) is 7.98. The molecule has 0 saturated carbocycles. The highest BCUT2D eigenvalue weighted by Crippen LogP contribution is 2.23. The van der Waals surface area contributed by atoms with Crippen LogP contribution in [0.5, 0.6) is 0 Å². The largest absolute Gasteiger partial charge is 0.383 e. The van der Waals surface area contributed by atoms with E-state index in [-0.39, 0.29) is 11.6 Å². The summed E-state index contributed by atoms with van der Waals surface area (Å²) in [6.07, 6.45) is 5.34. The van der Waals surface area contributed by atoms with E-state index >= 15 is 0 Å². The molecule has 1 fully saturated rings. The van der Waals surface area contributed by atoms with E-state index in [0.717, 1.165) is 43.1 Å². The summed E-state index contributed by atoms with van der Waals surface area (Å²) in [5, 5.41) is 8.13. The first kappa shape index (κ1) is 17.5. The van der Waals surface area contributed by atoms with Crippen molar-refractivity contribution in [3.8, 4) is 0 Å². The van der Waals surface area contributed by atoms with Crippen LogP contribution in [0.3, 0.4) is 0 Å². The van der Waals surface area contributed by atoms with E-state index in [1.54, 1.807) is 10.7 Å². The fourth-order valence-electron chi connectivity index (χ4n) is 3.34. The maximum Gasteiger partial charge on any atom is 0.267 e. The molecule has 1 unspecified atom stereocenters. The Labute approximate surface area is 148 Å². The summed E-state index contributed by atoms with van der Waals surface area (Å²) >= 11 is 0. The number of aryl methyl sites for hydroxylation is 1. The molecule has 1 aliphatic rings. The number of hydrogen-bond donors (Lipinski definition) is 1. The summed E-state index contributed by atoms with van der Waals surface area (Å²) in [6.45, 7) is 7.80. The molecule has 25 heavy (non-hydrogen) atoms. The van der Waals surface area contributed by atoms with Crippen LogP contribution in [-0.4, -0.2) is 33.9 Å². The molecule has 3 heterocycles. The summed E-state index contributed by atoms with van der Waals surface area (Å²) < 4.78 is 1.57. The van der Waals surface area contributed by atoms with Gasteiger partial charge in [0.1, 0.15) is 5.82 Å². The van der Waals surface area contributed by atoms with E-state index in [1.807, 2.05) is 39.1 Å². The lowest BCUT2D eigenvalue weighted by Gasteiger charge is -2.37. The van der Waals surface area contributed by atoms with Crippen molar-refractivity contribution in [2.24, 2.45) is 0 Å². The summed E-state index contributed by atoms with van der Waals surface area (Å²) in [5.41, 5.74) is 2.06. The molecule has 1 saturated heterocycles. The second kappa shape index (κ2) is 7.68. The van der Waals surface area contributed by atoms with Gasteiger partial charge in [0.15, 0.2) is 0 Å². The molecule has 3 rings (SSSR count). The molecule has 2 aromatic rings. The lowest BCUT2D eigenvalue weighted by molar-refractivity contribution is 0.451. The Morgan fingerprint density at radius 1 is 1.28 bits per heavy atom. The summed E-state index contributed by atoms with van der Waals surface area (Å²) in [7, 11) is 0. The molecule has 134 valence electrons. The molecule has 0 amide bonds. The number of rotatable bonds is 5. The van der Waals surface area contributed by atoms with Crippen LogP contribution in [0.15, 0.2) is 35.3 Å². The molecule has 1 aliphatic heterocycles. The van der Waals surface area contributed by atoms with Crippen LogP contribution in [0, 0.1) is 6.92 Å². The van der Waals surface area contributed by atoms with E-state index in [1.165, 1.54) is 6.42 Å². The van der Waals surface area contributed by atoms with Gasteiger partial charge in [0.2, 0.25) is 0 Å². The van der Waals surface area contributed by atoms with Crippen LogP contribution in [0.1, 0.15) is 44.8 Å². The van der Waals surface area contributed by atoms with Gasteiger partial charge in [-0.15, -0.1) is 0 Å². The maximum atomic E-state index is 12.0. The van der Waals surface area contributed by atoms with Gasteiger partial charge in [-0.25, -0.2) is 4.68 Å². The van der Waals surface area contributed by atoms with Crippen LogP contribution in [0.25, 0.3) is 0 Å². The van der Waals surface area contributed by atoms with Gasteiger partial charge in [0.25, 0.3) is 5.56 Å². The van der Waals surface area contributed by atoms with Gasteiger partial charge in [-0.3, -0.25) is 9.78 Å². The van der Waals surface area contributed by atoms with E-state index in [2.05, 4.69) is 26.4 Å². The Kier molecular flexibility index (Phi) is 5.36. The predicted molar refractivity (Wildman–Crippen MR) is 101 cm³/mol. The van der Waals surface area contributed by atoms with Gasteiger partial charge in [-0.05, 0) is 58.2 Å². The fraction of sp³-hybridized carbons (Fsp3) is 0.526. The average Bonchev–Trinajstić information content (AvgIpc) is 2.60. The number of piperidine rings is 1. The SMILES string of the molecule is Cc1cc(NCC2CCCCN2c2ccc(=O)n(C(C)C)n2)ccn1. The van der Waals surface area contributed by atoms with Crippen LogP contribution in [0.2, 0.25) is 0 Å². The first-order valence-electron chi connectivity index (χ1n) is 9.07. The zero-order valence-corrected chi connectivity index (χ0v) is 15.3. The quantitative estimate of drug-likeness (QED) is 0.906. The minimum atomic E-state index is -0.0438. The Balaban J connectivity index is 1.77. The van der Waals surface area contributed by atoms with Crippen LogP contribution < -0.4 is 15.8 Å². The minimum Gasteiger partial charge on any atom is -0.383 e. The highest BCUT2D eigenvalue weighted by atomic mass is 16.1. The number of aromatic nitrogens is 3. The topological polar surface area (TPSA) is 63.1 Å². The second-order valence-corrected chi connectivity index (χ2v) is 6.98. The molecular weight excluding hydrogens is 314 g/mol. The molecule has 0 spiro atoms. The molecule has 1 N–H and O–H groups in total. The number of nitrogens with one attached hydrogen (secondary N) is 1. The van der Waals surface area contributed by atoms with E-state index < -0.39 is 0 Å². The number of hydrogen-bond acceptors (Lipinski definition) is 5. The molecule has 0 aromatic carbocycles. The van der Waals surface area contributed by atoms with Crippen molar-refractivity contribution in [2.45, 2.75) is 52.1 Å². The van der Waals surface area contributed by atoms with Gasteiger partial charge < -0.3 is 10.2 Å². The zero-order chi connectivity index (χ0) is 17.8. The molecule has 0 bridgehead atoms. The van der Waals surface area contributed by atoms with E-state index in [9.17, 15) is 4.79 Å². The molecule has 1 atom stereocenters. The number of nitrogens with zero attached hydrogens (tertiary/aromatic N) is 4. The van der Waals surface area contributed by atoms with E-state index in [4.69, 9.17) is 0 Å². The third-order valence-electron chi connectivity index (χ3n) is 4.66. The van der Waals surface area contributed by atoms with Crippen LogP contribution in [0.4, 0.5) is 11.5 Å². The molecule has 0 aliphatic carbocycles. The number of anilines is 2. The van der Waals surface area contributed by atoms with Crippen molar-refractivity contribution in [1.29, 1.82) is 0 Å². The van der Waals surface area contributed by atoms with Gasteiger partial charge >= 0.3 is 0 Å². The maximum absolute atomic E-state index is 12.0. The van der Waals surface area contributed by atoms with Crippen molar-refractivity contribution in [2.75, 3.05) is 23.3 Å². The summed E-state index contributed by atoms with van der Waals surface area (Å²) in [4.78, 5) is 18.6. The normalized spacial score (nSPS) is 17.8. The third kappa shape index (κ3) is 4.18. The lowest BCUT2D eigenvalue weighted by Crippen LogP contribution is -2.45. The number of pyridine rings is 1. The first-order chi connectivity index (χ1) is 12.0. The predicted octanol–water partition coefficient (Wildman–Crippen LogP) is 3.00. The zero-order valence-electron chi connectivity index (χ0n) is 15.3. The Hall–Kier alpha value is -2.37. The van der Waals surface area contributed by atoms with Crippen LogP contribution >= 0.6 is 0 Å². The fourth-order valence-corrected chi connectivity index (χ4v) is 3.34. The van der Waals surface area contributed by atoms with Gasteiger partial charge in [-0.2, -0.15) is 5.10 Å². The standard InChI is InChI=1S/C19H27N5O/c1-14(2)24-19(25)8-7-18(22-24)23-11-5-4-6-17(23)13-21-16-9-10-20-15(3)12-16/h7-10,12,14,17H,4-6,11,13H2,1-3H3,(H,20,21). The van der Waals surface area contributed by atoms with Crippen molar-refractivity contribution >= 4 is 11.5 Å². The molecule has 6 heteroatoms. The van der Waals surface area contributed by atoms with Gasteiger partial charge in [-0.1, -0.05) is 0 Å². The smallest absolute Gasteiger partial charge is 0.267 e. The lowest BCUT2D eigenvalue weighted by atomic mass is 10.0. The van der Waals surface area contributed by atoms with Gasteiger partial charge in [0.05, 0.1) is 6.04 Å². The van der Waals surface area contributed by atoms with Crippen molar-refractivity contribution in [1.82, 2.24) is 14.8 Å². The van der Waals surface area contributed by atoms with Crippen LogP contribution in [-0.2, 0) is 0 Å². The summed E-state index contributed by atoms with van der Waals surface area (Å²) in [5.74, 6) is 0.894. The minimum absolute atomic E-state index is 0.0438. The van der Waals surface area contributed by atoms with Gasteiger partial charge in [0, 0.05) is 42.8 Å². The highest BCUT2D eigenvalue weighted by molar-refractivity contribution is 5.45. The van der Waals surface area contributed by atoms with Crippen molar-refractivity contribution in [3.05, 3.63) is 46.5 Å². The molecule has 0 radical (unpaired) electrons. The van der Waals surface area contributed by atoms with Crippen molar-refractivity contribution in [3.63, 3.8) is 0 Å². The molecule has 6 nitrogen and oxygen atoms in total. The molecule has 2 aromatic heterocycles. The Morgan fingerprint density at radius 2 is 2.12 bits per heavy atom. The van der Waals surface area contributed by atoms with E-state index in [0.29, 0.717) is 6.04 Å². The third-order valence-corrected chi connectivity index (χ3v) is 4.66. The Bertz CT molecular complexity index is 770. The van der Waals surface area contributed by atoms with Crippen molar-refractivity contribution < 1.29 is 0 Å². The highest BCUT2D eigenvalue weighted by Gasteiger charge is 2.24. The molecular formula is C19H27N5O.